The predicted molar refractivity (Wildman–Crippen MR) is 120 cm³/mol. The number of ketones is 1. The molecule has 0 unspecified atom stereocenters. The number of piperidine rings is 1. The van der Waals surface area contributed by atoms with Crippen molar-refractivity contribution in [2.75, 3.05) is 13.1 Å². The minimum Gasteiger partial charge on any atom is -0.339 e. The molecule has 0 radical (unpaired) electrons. The van der Waals surface area contributed by atoms with Gasteiger partial charge in [0.2, 0.25) is 0 Å². The number of Topliss-reactive ketones (excluding diaryl/α,β-unsaturated/α-hetero) is 1. The molecule has 0 bridgehead atoms. The summed E-state index contributed by atoms with van der Waals surface area (Å²) in [7, 11) is 0. The number of hydrogen-bond donors (Lipinski definition) is 0. The number of carbonyl (C=O) groups is 2. The lowest BCUT2D eigenvalue weighted by molar-refractivity contribution is -0.000864. The summed E-state index contributed by atoms with van der Waals surface area (Å²) in [6.45, 7) is 10.4. The largest absolute Gasteiger partial charge is 0.339 e. The Bertz CT molecular complexity index is 1100. The van der Waals surface area contributed by atoms with Gasteiger partial charge in [0.15, 0.2) is 5.78 Å². The monoisotopic (exact) mass is 418 g/mol. The van der Waals surface area contributed by atoms with Crippen LogP contribution in [0.3, 0.4) is 0 Å². The van der Waals surface area contributed by atoms with Crippen LogP contribution in [0.1, 0.15) is 84.1 Å². The van der Waals surface area contributed by atoms with Gasteiger partial charge in [-0.3, -0.25) is 19.3 Å². The van der Waals surface area contributed by atoms with Crippen molar-refractivity contribution in [2.24, 2.45) is 15.8 Å². The highest BCUT2D eigenvalue weighted by Crippen LogP contribution is 2.54. The first kappa shape index (κ1) is 20.2. The maximum absolute atomic E-state index is 13.6. The summed E-state index contributed by atoms with van der Waals surface area (Å²) >= 11 is 0. The summed E-state index contributed by atoms with van der Waals surface area (Å²) in [4.78, 5) is 33.0. The topological polar surface area (TPSA) is 67.6 Å². The van der Waals surface area contributed by atoms with Gasteiger partial charge in [-0.2, -0.15) is 5.10 Å². The van der Waals surface area contributed by atoms with Crippen LogP contribution in [-0.4, -0.2) is 45.7 Å². The second-order valence-electron chi connectivity index (χ2n) is 10.1. The van der Waals surface area contributed by atoms with Gasteiger partial charge in [-0.25, -0.2) is 0 Å². The highest BCUT2D eigenvalue weighted by atomic mass is 16.2. The molecule has 0 N–H and O–H groups in total. The number of amides is 1. The summed E-state index contributed by atoms with van der Waals surface area (Å²) in [5, 5.41) is 4.52. The Labute approximate surface area is 183 Å². The van der Waals surface area contributed by atoms with Crippen LogP contribution in [-0.2, 0) is 13.0 Å². The lowest BCUT2D eigenvalue weighted by Gasteiger charge is -2.53. The average Bonchev–Trinajstić information content (AvgIpc) is 3.38. The van der Waals surface area contributed by atoms with E-state index in [1.54, 1.807) is 0 Å². The molecule has 0 atom stereocenters. The summed E-state index contributed by atoms with van der Waals surface area (Å²) in [6.07, 6.45) is 6.24. The standard InChI is InChI=1S/C25H30N4O2/c1-16(2)29-21-20(15-27-29)12-25(24(3,4)22(21)30)7-9-28(10-8-25)23(31)17-5-6-18-13-26-14-19(18)11-17/h5-6,11,14-16H,7-10,12-13H2,1-4H3. The highest BCUT2D eigenvalue weighted by Gasteiger charge is 2.55. The summed E-state index contributed by atoms with van der Waals surface area (Å²) in [6, 6.07) is 6.05. The van der Waals surface area contributed by atoms with Gasteiger partial charge in [-0.05, 0) is 61.8 Å². The van der Waals surface area contributed by atoms with E-state index in [4.69, 9.17) is 0 Å². The third-order valence-corrected chi connectivity index (χ3v) is 7.89. The molecule has 0 saturated carbocycles. The number of fused-ring (bicyclic) bond motifs is 2. The van der Waals surface area contributed by atoms with Gasteiger partial charge in [-0.1, -0.05) is 19.9 Å². The lowest BCUT2D eigenvalue weighted by Crippen LogP contribution is -2.55. The molecule has 162 valence electrons. The quantitative estimate of drug-likeness (QED) is 0.738. The number of benzene rings is 1. The summed E-state index contributed by atoms with van der Waals surface area (Å²) < 4.78 is 1.88. The van der Waals surface area contributed by atoms with E-state index in [9.17, 15) is 9.59 Å². The Morgan fingerprint density at radius 2 is 1.87 bits per heavy atom. The fourth-order valence-corrected chi connectivity index (χ4v) is 5.65. The molecule has 1 saturated heterocycles. The molecule has 1 aliphatic carbocycles. The van der Waals surface area contributed by atoms with Gasteiger partial charge in [0.25, 0.3) is 5.91 Å². The average molecular weight is 419 g/mol. The van der Waals surface area contributed by atoms with Crippen molar-refractivity contribution >= 4 is 17.9 Å². The second-order valence-corrected chi connectivity index (χ2v) is 10.1. The number of aromatic nitrogens is 2. The van der Waals surface area contributed by atoms with Crippen molar-refractivity contribution in [3.8, 4) is 0 Å². The van der Waals surface area contributed by atoms with E-state index in [1.807, 2.05) is 40.2 Å². The zero-order chi connectivity index (χ0) is 22.0. The molecule has 1 amide bonds. The SMILES string of the molecule is CC(C)n1ncc2c1C(=O)C(C)(C)C1(CCN(C(=O)c3ccc4c(c3)C=NC4)CC1)C2. The van der Waals surface area contributed by atoms with Gasteiger partial charge < -0.3 is 4.90 Å². The van der Waals surface area contributed by atoms with E-state index in [1.165, 1.54) is 5.56 Å². The van der Waals surface area contributed by atoms with E-state index in [2.05, 4.69) is 37.8 Å². The van der Waals surface area contributed by atoms with Crippen LogP contribution in [0.25, 0.3) is 0 Å². The van der Waals surface area contributed by atoms with Crippen LogP contribution < -0.4 is 0 Å². The van der Waals surface area contributed by atoms with Gasteiger partial charge in [-0.15, -0.1) is 0 Å². The van der Waals surface area contributed by atoms with Crippen LogP contribution in [0, 0.1) is 10.8 Å². The predicted octanol–water partition coefficient (Wildman–Crippen LogP) is 4.08. The minimum atomic E-state index is -0.480. The molecule has 3 aliphatic rings. The zero-order valence-corrected chi connectivity index (χ0v) is 18.8. The minimum absolute atomic E-state index is 0.0752. The molecule has 6 heteroatoms. The molecule has 1 fully saturated rings. The van der Waals surface area contributed by atoms with Gasteiger partial charge >= 0.3 is 0 Å². The lowest BCUT2D eigenvalue weighted by atomic mass is 9.53. The number of aliphatic imine (C=N–C) groups is 1. The maximum Gasteiger partial charge on any atom is 0.253 e. The molecule has 5 rings (SSSR count). The fourth-order valence-electron chi connectivity index (χ4n) is 5.65. The molecular weight excluding hydrogens is 388 g/mol. The Morgan fingerprint density at radius 1 is 1.13 bits per heavy atom. The van der Waals surface area contributed by atoms with E-state index in [0.29, 0.717) is 19.6 Å². The van der Waals surface area contributed by atoms with Crippen LogP contribution in [0.2, 0.25) is 0 Å². The molecule has 2 aromatic rings. The molecule has 6 nitrogen and oxygen atoms in total. The molecule has 2 aliphatic heterocycles. The first-order chi connectivity index (χ1) is 14.7. The van der Waals surface area contributed by atoms with E-state index < -0.39 is 5.41 Å². The number of hydrogen-bond acceptors (Lipinski definition) is 4. The number of carbonyl (C=O) groups excluding carboxylic acids is 2. The van der Waals surface area contributed by atoms with Crippen molar-refractivity contribution in [3.05, 3.63) is 52.3 Å². The Balaban J connectivity index is 1.38. The Kier molecular flexibility index (Phi) is 4.47. The third-order valence-electron chi connectivity index (χ3n) is 7.89. The third kappa shape index (κ3) is 2.91. The molecule has 3 heterocycles. The molecule has 1 aromatic heterocycles. The molecule has 1 aromatic carbocycles. The summed E-state index contributed by atoms with van der Waals surface area (Å²) in [5.41, 5.74) is 4.18. The van der Waals surface area contributed by atoms with Crippen molar-refractivity contribution in [3.63, 3.8) is 0 Å². The van der Waals surface area contributed by atoms with Crippen LogP contribution in [0.15, 0.2) is 29.4 Å². The fraction of sp³-hybridized carbons (Fsp3) is 0.520. The van der Waals surface area contributed by atoms with Crippen LogP contribution in [0.4, 0.5) is 0 Å². The van der Waals surface area contributed by atoms with E-state index >= 15 is 0 Å². The Hall–Kier alpha value is -2.76. The molecule has 1 spiro atoms. The smallest absolute Gasteiger partial charge is 0.253 e. The van der Waals surface area contributed by atoms with Crippen LogP contribution >= 0.6 is 0 Å². The number of rotatable bonds is 2. The number of likely N-dealkylation sites (tertiary alicyclic amines) is 1. The van der Waals surface area contributed by atoms with Gasteiger partial charge in [0.05, 0.1) is 12.7 Å². The van der Waals surface area contributed by atoms with E-state index in [0.717, 1.165) is 41.6 Å². The normalized spacial score (nSPS) is 20.9. The maximum atomic E-state index is 13.6. The highest BCUT2D eigenvalue weighted by molar-refractivity contribution is 6.02. The zero-order valence-electron chi connectivity index (χ0n) is 18.8. The van der Waals surface area contributed by atoms with Crippen molar-refractivity contribution < 1.29 is 9.59 Å². The molecule has 31 heavy (non-hydrogen) atoms. The molecular formula is C25H30N4O2. The van der Waals surface area contributed by atoms with Gasteiger partial charge in [0, 0.05) is 41.9 Å². The second kappa shape index (κ2) is 6.87. The Morgan fingerprint density at radius 3 is 2.58 bits per heavy atom. The van der Waals surface area contributed by atoms with Gasteiger partial charge in [0.1, 0.15) is 5.69 Å². The van der Waals surface area contributed by atoms with Crippen molar-refractivity contribution in [1.82, 2.24) is 14.7 Å². The first-order valence-electron chi connectivity index (χ1n) is 11.3. The first-order valence-corrected chi connectivity index (χ1v) is 11.3. The summed E-state index contributed by atoms with van der Waals surface area (Å²) in [5.74, 6) is 0.267. The number of nitrogens with zero attached hydrogens (tertiary/aromatic N) is 4. The van der Waals surface area contributed by atoms with Crippen molar-refractivity contribution in [2.45, 2.75) is 59.5 Å². The van der Waals surface area contributed by atoms with Crippen LogP contribution in [0.5, 0.6) is 0 Å². The van der Waals surface area contributed by atoms with Crippen molar-refractivity contribution in [1.29, 1.82) is 0 Å². The van der Waals surface area contributed by atoms with E-state index in [-0.39, 0.29) is 23.1 Å².